The fraction of sp³-hybridized carbons (Fsp3) is 0.481. The van der Waals surface area contributed by atoms with E-state index in [9.17, 15) is 0 Å². The second kappa shape index (κ2) is 12.3. The molecular formula is C27H39N3O. The molecule has 3 N–H and O–H groups in total. The Labute approximate surface area is 186 Å². The van der Waals surface area contributed by atoms with Crippen LogP contribution in [0.25, 0.3) is 24.0 Å². The van der Waals surface area contributed by atoms with Gasteiger partial charge < -0.3 is 19.7 Å². The summed E-state index contributed by atoms with van der Waals surface area (Å²) in [6.07, 6.45) is 17.3. The Hall–Kier alpha value is -2.62. The fourth-order valence-electron chi connectivity index (χ4n) is 4.12. The predicted octanol–water partition coefficient (Wildman–Crippen LogP) is 6.05. The molecule has 3 aromatic heterocycles. The van der Waals surface area contributed by atoms with Gasteiger partial charge in [-0.2, -0.15) is 0 Å². The van der Waals surface area contributed by atoms with E-state index in [1.807, 2.05) is 19.2 Å². The van der Waals surface area contributed by atoms with Crippen LogP contribution in [0.2, 0.25) is 0 Å². The Bertz CT molecular complexity index is 994. The number of nitrogens with one attached hydrogen (secondary N) is 3. The number of H-pyrrole nitrogens is 3. The lowest BCUT2D eigenvalue weighted by Crippen LogP contribution is -2.09. The maximum Gasteiger partial charge on any atom is 0.144 e. The van der Waals surface area contributed by atoms with Crippen LogP contribution in [0.3, 0.4) is 0 Å². The highest BCUT2D eigenvalue weighted by molar-refractivity contribution is 5.65. The van der Waals surface area contributed by atoms with E-state index in [0.717, 1.165) is 40.0 Å². The largest absolute Gasteiger partial charge is 0.492 e. The van der Waals surface area contributed by atoms with Gasteiger partial charge in [0.25, 0.3) is 0 Å². The Kier molecular flexibility index (Phi) is 9.14. The van der Waals surface area contributed by atoms with Gasteiger partial charge in [-0.15, -0.1) is 0 Å². The van der Waals surface area contributed by atoms with Crippen molar-refractivity contribution in [2.45, 2.75) is 78.1 Å². The molecule has 0 spiro atoms. The van der Waals surface area contributed by atoms with Crippen LogP contribution in [0.1, 0.15) is 82.9 Å². The van der Waals surface area contributed by atoms with Crippen molar-refractivity contribution in [1.82, 2.24) is 15.0 Å². The van der Waals surface area contributed by atoms with Gasteiger partial charge in [0, 0.05) is 23.0 Å². The van der Waals surface area contributed by atoms with E-state index < -0.39 is 0 Å². The molecule has 0 aliphatic carbocycles. The quantitative estimate of drug-likeness (QED) is 0.273. The van der Waals surface area contributed by atoms with E-state index in [1.165, 1.54) is 63.4 Å². The molecule has 3 heterocycles. The zero-order chi connectivity index (χ0) is 21.9. The van der Waals surface area contributed by atoms with Crippen LogP contribution in [0.15, 0.2) is 30.5 Å². The van der Waals surface area contributed by atoms with Crippen molar-refractivity contribution in [2.24, 2.45) is 0 Å². The lowest BCUT2D eigenvalue weighted by Gasteiger charge is -2.01. The molecular weight excluding hydrogens is 382 g/mol. The van der Waals surface area contributed by atoms with E-state index in [-0.39, 0.29) is 0 Å². The molecule has 3 rings (SSSR count). The number of hydrogen-bond donors (Lipinski definition) is 3. The molecule has 4 nitrogen and oxygen atoms in total. The first-order chi connectivity index (χ1) is 15.2. The number of aryl methyl sites for hydroxylation is 1. The summed E-state index contributed by atoms with van der Waals surface area (Å²) in [5, 5.41) is 2.09. The number of hydrogen-bond acceptors (Lipinski definition) is 1. The Balaban J connectivity index is 1.57. The highest BCUT2D eigenvalue weighted by atomic mass is 16.5. The SMILES string of the molecule is C=c1[nH]c(=Cc2[nH]c(-c3ccc[nH]3)cc2OCC)cc1CCCCCCCCCCC. The second-order valence-corrected chi connectivity index (χ2v) is 8.43. The minimum absolute atomic E-state index is 0.637. The van der Waals surface area contributed by atoms with Crippen LogP contribution in [-0.4, -0.2) is 21.6 Å². The smallest absolute Gasteiger partial charge is 0.144 e. The fourth-order valence-corrected chi connectivity index (χ4v) is 4.12. The second-order valence-electron chi connectivity index (χ2n) is 8.43. The predicted molar refractivity (Wildman–Crippen MR) is 132 cm³/mol. The first-order valence-electron chi connectivity index (χ1n) is 12.1. The third-order valence-corrected chi connectivity index (χ3v) is 5.86. The van der Waals surface area contributed by atoms with Crippen molar-refractivity contribution in [2.75, 3.05) is 6.61 Å². The molecule has 0 bridgehead atoms. The van der Waals surface area contributed by atoms with Crippen molar-refractivity contribution in [3.63, 3.8) is 0 Å². The normalized spacial score (nSPS) is 12.0. The molecule has 0 saturated carbocycles. The van der Waals surface area contributed by atoms with Crippen molar-refractivity contribution in [3.8, 4) is 17.1 Å². The molecule has 4 heteroatoms. The molecule has 0 aromatic carbocycles. The van der Waals surface area contributed by atoms with Gasteiger partial charge in [0.2, 0.25) is 0 Å². The molecule has 0 atom stereocenters. The topological polar surface area (TPSA) is 56.6 Å². The zero-order valence-electron chi connectivity index (χ0n) is 19.4. The molecule has 0 unspecified atom stereocenters. The van der Waals surface area contributed by atoms with Crippen LogP contribution in [0, 0.1) is 0 Å². The lowest BCUT2D eigenvalue weighted by atomic mass is 10.0. The maximum atomic E-state index is 5.85. The van der Waals surface area contributed by atoms with Gasteiger partial charge in [0.1, 0.15) is 5.75 Å². The van der Waals surface area contributed by atoms with E-state index in [0.29, 0.717) is 6.61 Å². The van der Waals surface area contributed by atoms with E-state index in [1.54, 1.807) is 0 Å². The standard InChI is InChI=1S/C27H39N3O/c1-4-6-7-8-9-10-11-12-13-15-22-18-23(29-21(22)3)19-26-27(31-5-2)20-25(30-26)24-16-14-17-28-24/h14,16-20,28-30H,3-13,15H2,1-2H3. The number of aromatic amines is 3. The molecule has 0 radical (unpaired) electrons. The van der Waals surface area contributed by atoms with Crippen LogP contribution in [-0.2, 0) is 6.42 Å². The van der Waals surface area contributed by atoms with Gasteiger partial charge in [-0.25, -0.2) is 0 Å². The Morgan fingerprint density at radius 2 is 1.65 bits per heavy atom. The monoisotopic (exact) mass is 421 g/mol. The third-order valence-electron chi connectivity index (χ3n) is 5.86. The minimum atomic E-state index is 0.637. The third kappa shape index (κ3) is 6.95. The summed E-state index contributed by atoms with van der Waals surface area (Å²) >= 11 is 0. The van der Waals surface area contributed by atoms with Crippen molar-refractivity contribution < 1.29 is 4.74 Å². The summed E-state index contributed by atoms with van der Waals surface area (Å²) in [4.78, 5) is 10.2. The van der Waals surface area contributed by atoms with Crippen LogP contribution >= 0.6 is 0 Å². The Morgan fingerprint density at radius 1 is 0.903 bits per heavy atom. The summed E-state index contributed by atoms with van der Waals surface area (Å²) in [6.45, 7) is 9.15. The average Bonchev–Trinajstić information content (AvgIpc) is 3.49. The maximum absolute atomic E-state index is 5.85. The van der Waals surface area contributed by atoms with Crippen LogP contribution in [0.4, 0.5) is 0 Å². The van der Waals surface area contributed by atoms with Crippen LogP contribution in [0.5, 0.6) is 5.75 Å². The highest BCUT2D eigenvalue weighted by Gasteiger charge is 2.10. The molecule has 0 amide bonds. The summed E-state index contributed by atoms with van der Waals surface area (Å²) in [6, 6.07) is 8.34. The molecule has 0 fully saturated rings. The first kappa shape index (κ1) is 23.1. The summed E-state index contributed by atoms with van der Waals surface area (Å²) in [5.74, 6) is 0.868. The zero-order valence-corrected chi connectivity index (χ0v) is 19.4. The van der Waals surface area contributed by atoms with Crippen molar-refractivity contribution in [3.05, 3.63) is 52.4 Å². The number of unbranched alkanes of at least 4 members (excludes halogenated alkanes) is 8. The van der Waals surface area contributed by atoms with E-state index in [2.05, 4.69) is 52.7 Å². The van der Waals surface area contributed by atoms with E-state index >= 15 is 0 Å². The molecule has 168 valence electrons. The number of aromatic nitrogens is 3. The number of ether oxygens (including phenoxy) is 1. The summed E-state index contributed by atoms with van der Waals surface area (Å²) < 4.78 is 5.85. The highest BCUT2D eigenvalue weighted by Crippen LogP contribution is 2.27. The van der Waals surface area contributed by atoms with Gasteiger partial charge in [0.15, 0.2) is 0 Å². The van der Waals surface area contributed by atoms with Crippen molar-refractivity contribution >= 4 is 12.7 Å². The summed E-state index contributed by atoms with van der Waals surface area (Å²) in [5.41, 5.74) is 4.37. The average molecular weight is 422 g/mol. The van der Waals surface area contributed by atoms with Crippen molar-refractivity contribution in [1.29, 1.82) is 0 Å². The molecule has 0 aliphatic rings. The molecule has 3 aromatic rings. The van der Waals surface area contributed by atoms with Crippen LogP contribution < -0.4 is 15.4 Å². The number of rotatable bonds is 14. The van der Waals surface area contributed by atoms with Gasteiger partial charge in [-0.05, 0) is 49.6 Å². The van der Waals surface area contributed by atoms with Gasteiger partial charge >= 0.3 is 0 Å². The molecule has 0 aliphatic heterocycles. The first-order valence-corrected chi connectivity index (χ1v) is 12.1. The molecule has 31 heavy (non-hydrogen) atoms. The van der Waals surface area contributed by atoms with Gasteiger partial charge in [0.05, 0.1) is 23.7 Å². The van der Waals surface area contributed by atoms with E-state index in [4.69, 9.17) is 4.74 Å². The van der Waals surface area contributed by atoms with Gasteiger partial charge in [-0.3, -0.25) is 0 Å². The Morgan fingerprint density at radius 3 is 2.32 bits per heavy atom. The van der Waals surface area contributed by atoms with Gasteiger partial charge in [-0.1, -0.05) is 64.9 Å². The minimum Gasteiger partial charge on any atom is -0.492 e. The summed E-state index contributed by atoms with van der Waals surface area (Å²) in [7, 11) is 0. The lowest BCUT2D eigenvalue weighted by molar-refractivity contribution is 0.340. The molecule has 0 saturated heterocycles.